The number of esters is 2. The van der Waals surface area contributed by atoms with Gasteiger partial charge in [0.05, 0.1) is 6.42 Å². The van der Waals surface area contributed by atoms with Crippen LogP contribution in [-0.4, -0.2) is 52.6 Å². The summed E-state index contributed by atoms with van der Waals surface area (Å²) >= 11 is 0. The van der Waals surface area contributed by atoms with Gasteiger partial charge in [-0.1, -0.05) is 45.1 Å². The molecule has 0 heterocycles. The van der Waals surface area contributed by atoms with Crippen LogP contribution >= 0.6 is 0 Å². The molecule has 0 fully saturated rings. The second-order valence-corrected chi connectivity index (χ2v) is 7.60. The van der Waals surface area contributed by atoms with Crippen LogP contribution < -0.4 is 5.73 Å². The van der Waals surface area contributed by atoms with Gasteiger partial charge in [-0.15, -0.1) is 0 Å². The molecule has 0 aliphatic rings. The predicted octanol–water partition coefficient (Wildman–Crippen LogP) is 1.38. The molecule has 28 heavy (non-hydrogen) atoms. The van der Waals surface area contributed by atoms with Crippen LogP contribution in [0, 0.1) is 0 Å². The van der Waals surface area contributed by atoms with Gasteiger partial charge < -0.3 is 20.7 Å². The smallest absolute Gasteiger partial charge is 0.353 e. The van der Waals surface area contributed by atoms with Gasteiger partial charge in [0, 0.05) is 12.7 Å². The molecule has 1 unspecified atom stereocenters. The van der Waals surface area contributed by atoms with Crippen molar-refractivity contribution >= 4 is 28.0 Å². The molecule has 0 aromatic carbocycles. The van der Waals surface area contributed by atoms with Crippen LogP contribution in [-0.2, 0) is 29.2 Å². The number of aliphatic hydroxyl groups excluding tert-OH is 1. The molecule has 0 bridgehead atoms. The van der Waals surface area contributed by atoms with E-state index in [1.807, 2.05) is 0 Å². The van der Waals surface area contributed by atoms with Crippen molar-refractivity contribution in [1.82, 2.24) is 0 Å². The number of rotatable bonds is 12. The lowest BCUT2D eigenvalue weighted by Crippen LogP contribution is -2.57. The standard InChI is InChI=1S/C15H25NO8S.C2H6O/c1-2-3-4-5-6-7-8-9-10-13(19)24-14(20)15(16,11-12(17)18)25(21,22)23;1-2-3/h9-10H,2-8,11,16H2,1H3,(H,17,18)(H,21,22,23);3H,2H2,1H3. The Morgan fingerprint density at radius 1 is 1.07 bits per heavy atom. The Bertz CT molecular complexity index is 616. The number of unbranched alkanes of at least 4 members (excludes halogenated alkanes) is 6. The molecule has 0 rings (SSSR count). The van der Waals surface area contributed by atoms with Gasteiger partial charge in [0.2, 0.25) is 0 Å². The first-order chi connectivity index (χ1) is 13.0. The van der Waals surface area contributed by atoms with Gasteiger partial charge >= 0.3 is 17.9 Å². The molecule has 0 spiro atoms. The highest BCUT2D eigenvalue weighted by Crippen LogP contribution is 2.17. The molecule has 11 heteroatoms. The fourth-order valence-corrected chi connectivity index (χ4v) is 2.49. The minimum Gasteiger partial charge on any atom is -0.481 e. The zero-order chi connectivity index (χ0) is 22.2. The van der Waals surface area contributed by atoms with Crippen molar-refractivity contribution in [3.05, 3.63) is 12.2 Å². The molecular weight excluding hydrogens is 394 g/mol. The summed E-state index contributed by atoms with van der Waals surface area (Å²) in [5, 5.41) is 16.2. The average Bonchev–Trinajstić information content (AvgIpc) is 2.56. The van der Waals surface area contributed by atoms with Crippen molar-refractivity contribution in [2.45, 2.75) is 70.1 Å². The molecule has 0 aromatic heterocycles. The monoisotopic (exact) mass is 425 g/mol. The second kappa shape index (κ2) is 15.1. The minimum absolute atomic E-state index is 0.250. The van der Waals surface area contributed by atoms with E-state index in [0.717, 1.165) is 38.2 Å². The van der Waals surface area contributed by atoms with Gasteiger partial charge in [0.15, 0.2) is 0 Å². The van der Waals surface area contributed by atoms with E-state index in [4.69, 9.17) is 20.5 Å². The Morgan fingerprint density at radius 2 is 1.57 bits per heavy atom. The normalized spacial score (nSPS) is 13.3. The minimum atomic E-state index is -5.30. The molecule has 0 radical (unpaired) electrons. The summed E-state index contributed by atoms with van der Waals surface area (Å²) in [6, 6.07) is 0. The molecule has 5 N–H and O–H groups in total. The third-order valence-corrected chi connectivity index (χ3v) is 4.62. The van der Waals surface area contributed by atoms with E-state index < -0.39 is 39.3 Å². The molecule has 0 amide bonds. The van der Waals surface area contributed by atoms with Crippen LogP contribution in [0.5, 0.6) is 0 Å². The van der Waals surface area contributed by atoms with Gasteiger partial charge in [-0.2, -0.15) is 8.42 Å². The fraction of sp³-hybridized carbons (Fsp3) is 0.706. The third kappa shape index (κ3) is 12.5. The van der Waals surface area contributed by atoms with Gasteiger partial charge in [-0.25, -0.2) is 9.59 Å². The average molecular weight is 426 g/mol. The summed E-state index contributed by atoms with van der Waals surface area (Å²) in [6.45, 7) is 4.05. The lowest BCUT2D eigenvalue weighted by molar-refractivity contribution is -0.160. The SMILES string of the molecule is CCCCCCCCC=CC(=O)OC(=O)C(N)(CC(=O)O)S(=O)(=O)O.CCO. The van der Waals surface area contributed by atoms with E-state index in [9.17, 15) is 22.8 Å². The van der Waals surface area contributed by atoms with Crippen molar-refractivity contribution in [2.24, 2.45) is 5.73 Å². The van der Waals surface area contributed by atoms with Gasteiger partial charge in [0.25, 0.3) is 15.0 Å². The molecule has 1 atom stereocenters. The number of carboxylic acids is 1. The lowest BCUT2D eigenvalue weighted by atomic mass is 10.1. The highest BCUT2D eigenvalue weighted by molar-refractivity contribution is 7.88. The number of aliphatic hydroxyl groups is 1. The number of ether oxygens (including phenoxy) is 1. The van der Waals surface area contributed by atoms with Crippen LogP contribution in [0.1, 0.15) is 65.2 Å². The topological polar surface area (TPSA) is 181 Å². The van der Waals surface area contributed by atoms with E-state index in [1.54, 1.807) is 6.92 Å². The third-order valence-electron chi connectivity index (χ3n) is 3.39. The molecule has 0 aliphatic carbocycles. The summed E-state index contributed by atoms with van der Waals surface area (Å²) in [6.07, 6.45) is 7.89. The Morgan fingerprint density at radius 3 is 2.04 bits per heavy atom. The first kappa shape index (κ1) is 28.4. The number of carbonyl (C=O) groups excluding carboxylic acids is 2. The van der Waals surface area contributed by atoms with Gasteiger partial charge in [-0.3, -0.25) is 9.35 Å². The summed E-state index contributed by atoms with van der Waals surface area (Å²) in [5.74, 6) is -4.81. The van der Waals surface area contributed by atoms with Crippen molar-refractivity contribution in [1.29, 1.82) is 0 Å². The Hall–Kier alpha value is -1.82. The van der Waals surface area contributed by atoms with E-state index in [2.05, 4.69) is 11.7 Å². The molecule has 0 aromatic rings. The van der Waals surface area contributed by atoms with E-state index in [-0.39, 0.29) is 6.61 Å². The largest absolute Gasteiger partial charge is 0.481 e. The van der Waals surface area contributed by atoms with Crippen LogP contribution in [0.2, 0.25) is 0 Å². The Balaban J connectivity index is 0. The first-order valence-corrected chi connectivity index (χ1v) is 10.4. The molecule has 0 saturated carbocycles. The van der Waals surface area contributed by atoms with Crippen molar-refractivity contribution in [2.75, 3.05) is 6.61 Å². The zero-order valence-electron chi connectivity index (χ0n) is 16.3. The maximum absolute atomic E-state index is 11.7. The van der Waals surface area contributed by atoms with Crippen molar-refractivity contribution in [3.8, 4) is 0 Å². The summed E-state index contributed by atoms with van der Waals surface area (Å²) in [7, 11) is -5.30. The van der Waals surface area contributed by atoms with Crippen molar-refractivity contribution < 1.29 is 42.3 Å². The fourth-order valence-electron chi connectivity index (χ4n) is 1.93. The Labute approximate surface area is 165 Å². The second-order valence-electron chi connectivity index (χ2n) is 5.92. The number of nitrogens with two attached hydrogens (primary N) is 1. The first-order valence-electron chi connectivity index (χ1n) is 8.97. The molecule has 0 aliphatic heterocycles. The number of allylic oxidation sites excluding steroid dienone is 1. The van der Waals surface area contributed by atoms with Crippen LogP contribution in [0.15, 0.2) is 12.2 Å². The summed E-state index contributed by atoms with van der Waals surface area (Å²) in [4.78, 5) is 30.5. The van der Waals surface area contributed by atoms with Crippen LogP contribution in [0.3, 0.4) is 0 Å². The predicted molar refractivity (Wildman–Crippen MR) is 102 cm³/mol. The number of aliphatic carboxylic acids is 1. The lowest BCUT2D eigenvalue weighted by Gasteiger charge is -2.20. The molecule has 0 saturated heterocycles. The maximum atomic E-state index is 11.7. The Kier molecular flexibility index (Phi) is 15.4. The number of hydrogen-bond donors (Lipinski definition) is 4. The van der Waals surface area contributed by atoms with Crippen LogP contribution in [0.4, 0.5) is 0 Å². The number of carboxylic acid groups (broad SMARTS) is 1. The molecular formula is C17H31NO9S. The number of carbonyl (C=O) groups is 3. The summed E-state index contributed by atoms with van der Waals surface area (Å²) < 4.78 is 35.5. The molecule has 10 nitrogen and oxygen atoms in total. The van der Waals surface area contributed by atoms with Gasteiger partial charge in [0.1, 0.15) is 0 Å². The quantitative estimate of drug-likeness (QED) is 0.117. The number of hydrogen-bond acceptors (Lipinski definition) is 8. The van der Waals surface area contributed by atoms with Crippen molar-refractivity contribution in [3.63, 3.8) is 0 Å². The zero-order valence-corrected chi connectivity index (χ0v) is 17.1. The van der Waals surface area contributed by atoms with E-state index in [0.29, 0.717) is 6.42 Å². The highest BCUT2D eigenvalue weighted by atomic mass is 32.2. The molecule has 164 valence electrons. The van der Waals surface area contributed by atoms with E-state index >= 15 is 0 Å². The van der Waals surface area contributed by atoms with Crippen LogP contribution in [0.25, 0.3) is 0 Å². The summed E-state index contributed by atoms with van der Waals surface area (Å²) in [5.41, 5.74) is 5.13. The van der Waals surface area contributed by atoms with E-state index in [1.165, 1.54) is 12.5 Å². The van der Waals surface area contributed by atoms with Gasteiger partial charge in [-0.05, 0) is 19.8 Å². The highest BCUT2D eigenvalue weighted by Gasteiger charge is 2.51. The maximum Gasteiger partial charge on any atom is 0.353 e.